The minimum atomic E-state index is -0.552. The Labute approximate surface area is 64.5 Å². The smallest absolute Gasteiger partial charge is 0.224 e. The minimum absolute atomic E-state index is 0.535. The summed E-state index contributed by atoms with van der Waals surface area (Å²) in [5.74, 6) is 0. The zero-order chi connectivity index (χ0) is 7.84. The maximum atomic E-state index is 11.1. The highest BCUT2D eigenvalue weighted by molar-refractivity contribution is 5.22. The summed E-state index contributed by atoms with van der Waals surface area (Å²) in [6, 6.07) is 3.60. The lowest BCUT2D eigenvalue weighted by Crippen LogP contribution is -2.32. The summed E-state index contributed by atoms with van der Waals surface area (Å²) >= 11 is 0. The van der Waals surface area contributed by atoms with Crippen LogP contribution in [0.2, 0.25) is 0 Å². The first-order valence-electron chi connectivity index (χ1n) is 3.68. The summed E-state index contributed by atoms with van der Waals surface area (Å²) in [7, 11) is 0. The van der Waals surface area contributed by atoms with Crippen molar-refractivity contribution in [1.29, 1.82) is 0 Å². The Balaban J connectivity index is 2.58. The fraction of sp³-hybridized carbons (Fsp3) is 0.375. The number of aryl methyl sites for hydroxylation is 1. The first kappa shape index (κ1) is 6.61. The molecule has 0 saturated heterocycles. The van der Waals surface area contributed by atoms with Gasteiger partial charge in [0.2, 0.25) is 5.69 Å². The molecule has 0 spiro atoms. The fourth-order valence-corrected chi connectivity index (χ4v) is 1.55. The maximum absolute atomic E-state index is 11.1. The molecule has 0 radical (unpaired) electrons. The van der Waals surface area contributed by atoms with E-state index in [-0.39, 0.29) is 0 Å². The third-order valence-corrected chi connectivity index (χ3v) is 2.09. The Morgan fingerprint density at radius 1 is 1.64 bits per heavy atom. The SMILES string of the molecule is [O-][n+]1cccc2c1C(O)CC2. The van der Waals surface area contributed by atoms with E-state index in [9.17, 15) is 10.3 Å². The summed E-state index contributed by atoms with van der Waals surface area (Å²) in [6.07, 6.45) is 2.37. The predicted octanol–water partition coefficient (Wildman–Crippen LogP) is 0.300. The number of aromatic nitrogens is 1. The van der Waals surface area contributed by atoms with Crippen LogP contribution in [0, 0.1) is 5.21 Å². The van der Waals surface area contributed by atoms with Crippen molar-refractivity contribution in [2.45, 2.75) is 18.9 Å². The molecule has 0 amide bonds. The molecule has 0 aliphatic heterocycles. The average molecular weight is 151 g/mol. The number of pyridine rings is 1. The monoisotopic (exact) mass is 151 g/mol. The summed E-state index contributed by atoms with van der Waals surface area (Å²) in [5.41, 5.74) is 1.52. The highest BCUT2D eigenvalue weighted by Crippen LogP contribution is 2.26. The van der Waals surface area contributed by atoms with Gasteiger partial charge in [-0.3, -0.25) is 0 Å². The molecule has 1 aromatic rings. The van der Waals surface area contributed by atoms with E-state index in [0.717, 1.165) is 16.7 Å². The molecule has 1 unspecified atom stereocenters. The molecule has 1 heterocycles. The number of nitrogens with zero attached hydrogens (tertiary/aromatic N) is 1. The molecule has 1 N–H and O–H groups in total. The van der Waals surface area contributed by atoms with Crippen molar-refractivity contribution in [2.75, 3.05) is 0 Å². The molecule has 3 heteroatoms. The number of fused-ring (bicyclic) bond motifs is 1. The second kappa shape index (κ2) is 2.20. The molecule has 1 aromatic heterocycles. The van der Waals surface area contributed by atoms with E-state index in [2.05, 4.69) is 0 Å². The van der Waals surface area contributed by atoms with Gasteiger partial charge in [-0.25, -0.2) is 0 Å². The Bertz CT molecular complexity index is 285. The Morgan fingerprint density at radius 3 is 3.18 bits per heavy atom. The van der Waals surface area contributed by atoms with Crippen LogP contribution in [0.4, 0.5) is 0 Å². The van der Waals surface area contributed by atoms with E-state index in [4.69, 9.17) is 0 Å². The van der Waals surface area contributed by atoms with Gasteiger partial charge in [0.15, 0.2) is 6.20 Å². The molecule has 0 fully saturated rings. The third kappa shape index (κ3) is 0.886. The van der Waals surface area contributed by atoms with Crippen molar-refractivity contribution in [2.24, 2.45) is 0 Å². The lowest BCUT2D eigenvalue weighted by molar-refractivity contribution is -0.618. The molecule has 0 bridgehead atoms. The van der Waals surface area contributed by atoms with Crippen LogP contribution in [0.15, 0.2) is 18.3 Å². The molecule has 0 saturated carbocycles. The second-order valence-electron chi connectivity index (χ2n) is 2.80. The lowest BCUT2D eigenvalue weighted by Gasteiger charge is -2.04. The molecular weight excluding hydrogens is 142 g/mol. The van der Waals surface area contributed by atoms with E-state index >= 15 is 0 Å². The van der Waals surface area contributed by atoms with Gasteiger partial charge in [-0.2, -0.15) is 4.73 Å². The van der Waals surface area contributed by atoms with Gasteiger partial charge < -0.3 is 10.3 Å². The Morgan fingerprint density at radius 2 is 2.45 bits per heavy atom. The average Bonchev–Trinajstić information content (AvgIpc) is 2.34. The van der Waals surface area contributed by atoms with E-state index in [1.807, 2.05) is 6.07 Å². The summed E-state index contributed by atoms with van der Waals surface area (Å²) in [5, 5.41) is 20.4. The van der Waals surface area contributed by atoms with E-state index < -0.39 is 6.10 Å². The van der Waals surface area contributed by atoms with Crippen molar-refractivity contribution in [3.8, 4) is 0 Å². The largest absolute Gasteiger partial charge is 0.618 e. The van der Waals surface area contributed by atoms with E-state index in [0.29, 0.717) is 12.1 Å². The van der Waals surface area contributed by atoms with Crippen molar-refractivity contribution in [1.82, 2.24) is 0 Å². The van der Waals surface area contributed by atoms with Gasteiger partial charge in [-0.05, 0) is 18.9 Å². The van der Waals surface area contributed by atoms with Gasteiger partial charge in [0.05, 0.1) is 0 Å². The van der Waals surface area contributed by atoms with Gasteiger partial charge in [0.25, 0.3) is 0 Å². The van der Waals surface area contributed by atoms with E-state index in [1.54, 1.807) is 6.07 Å². The number of rotatable bonds is 0. The van der Waals surface area contributed by atoms with Crippen molar-refractivity contribution >= 4 is 0 Å². The van der Waals surface area contributed by atoms with Crippen LogP contribution < -0.4 is 4.73 Å². The highest BCUT2D eigenvalue weighted by atomic mass is 16.5. The number of aliphatic hydroxyl groups excluding tert-OH is 1. The summed E-state index contributed by atoms with van der Waals surface area (Å²) < 4.78 is 0.757. The third-order valence-electron chi connectivity index (χ3n) is 2.09. The van der Waals surface area contributed by atoms with Crippen LogP contribution in [-0.2, 0) is 6.42 Å². The lowest BCUT2D eigenvalue weighted by atomic mass is 10.2. The first-order valence-corrected chi connectivity index (χ1v) is 3.68. The predicted molar refractivity (Wildman–Crippen MR) is 38.7 cm³/mol. The molecule has 11 heavy (non-hydrogen) atoms. The van der Waals surface area contributed by atoms with Gasteiger partial charge in [0.1, 0.15) is 6.10 Å². The highest BCUT2D eigenvalue weighted by Gasteiger charge is 2.27. The topological polar surface area (TPSA) is 47.2 Å². The van der Waals surface area contributed by atoms with Crippen LogP contribution >= 0.6 is 0 Å². The zero-order valence-corrected chi connectivity index (χ0v) is 6.03. The van der Waals surface area contributed by atoms with Gasteiger partial charge in [-0.1, -0.05) is 0 Å². The fourth-order valence-electron chi connectivity index (χ4n) is 1.55. The minimum Gasteiger partial charge on any atom is -0.618 e. The van der Waals surface area contributed by atoms with Gasteiger partial charge in [0, 0.05) is 11.6 Å². The quantitative estimate of drug-likeness (QED) is 0.428. The molecule has 1 aliphatic carbocycles. The van der Waals surface area contributed by atoms with Crippen molar-refractivity contribution in [3.05, 3.63) is 34.8 Å². The summed E-state index contributed by atoms with van der Waals surface area (Å²) in [4.78, 5) is 0. The van der Waals surface area contributed by atoms with E-state index in [1.165, 1.54) is 6.20 Å². The Kier molecular flexibility index (Phi) is 1.32. The standard InChI is InChI=1S/C8H9NO2/c10-7-4-3-6-2-1-5-9(11)8(6)7/h1-2,5,7,10H,3-4H2. The first-order chi connectivity index (χ1) is 5.29. The number of aliphatic hydroxyl groups is 1. The zero-order valence-electron chi connectivity index (χ0n) is 6.03. The maximum Gasteiger partial charge on any atom is 0.224 e. The van der Waals surface area contributed by atoms with Crippen molar-refractivity contribution < 1.29 is 9.84 Å². The molecule has 58 valence electrons. The van der Waals surface area contributed by atoms with Crippen molar-refractivity contribution in [3.63, 3.8) is 0 Å². The van der Waals surface area contributed by atoms with Crippen LogP contribution in [0.25, 0.3) is 0 Å². The molecule has 0 aromatic carbocycles. The van der Waals surface area contributed by atoms with Crippen LogP contribution in [0.5, 0.6) is 0 Å². The van der Waals surface area contributed by atoms with Crippen LogP contribution in [0.3, 0.4) is 0 Å². The second-order valence-corrected chi connectivity index (χ2v) is 2.80. The molecule has 2 rings (SSSR count). The summed E-state index contributed by atoms with van der Waals surface area (Å²) in [6.45, 7) is 0. The number of hydrogen-bond donors (Lipinski definition) is 1. The van der Waals surface area contributed by atoms with Crippen LogP contribution in [-0.4, -0.2) is 5.11 Å². The van der Waals surface area contributed by atoms with Gasteiger partial charge in [-0.15, -0.1) is 0 Å². The number of hydrogen-bond acceptors (Lipinski definition) is 2. The molecule has 1 aliphatic rings. The Hall–Kier alpha value is -1.09. The van der Waals surface area contributed by atoms with Gasteiger partial charge >= 0.3 is 0 Å². The molecular formula is C8H9NO2. The van der Waals surface area contributed by atoms with Crippen LogP contribution in [0.1, 0.15) is 23.8 Å². The molecule has 1 atom stereocenters. The normalized spacial score (nSPS) is 21.7. The molecule has 3 nitrogen and oxygen atoms in total.